The van der Waals surface area contributed by atoms with Crippen LogP contribution in [-0.4, -0.2) is 33.9 Å². The van der Waals surface area contributed by atoms with E-state index >= 15 is 0 Å². The van der Waals surface area contributed by atoms with Crippen molar-refractivity contribution in [2.45, 2.75) is 52.2 Å². The number of rotatable bonds is 6. The molecule has 0 radical (unpaired) electrons. The predicted molar refractivity (Wildman–Crippen MR) is 125 cm³/mol. The van der Waals surface area contributed by atoms with Gasteiger partial charge in [-0.15, -0.1) is 10.2 Å². The van der Waals surface area contributed by atoms with Crippen LogP contribution in [0.2, 0.25) is 5.02 Å². The number of halogens is 1. The molecule has 168 valence electrons. The van der Waals surface area contributed by atoms with Crippen LogP contribution in [0.5, 0.6) is 11.5 Å². The first kappa shape index (κ1) is 22.1. The van der Waals surface area contributed by atoms with E-state index < -0.39 is 0 Å². The number of amides is 1. The van der Waals surface area contributed by atoms with Crippen LogP contribution in [0.15, 0.2) is 36.4 Å². The molecule has 3 aromatic rings. The fourth-order valence-electron chi connectivity index (χ4n) is 3.81. The Morgan fingerprint density at radius 1 is 1.12 bits per heavy atom. The third-order valence-corrected chi connectivity index (χ3v) is 5.64. The van der Waals surface area contributed by atoms with Crippen LogP contribution in [0.4, 0.5) is 5.69 Å². The van der Waals surface area contributed by atoms with Gasteiger partial charge in [-0.2, -0.15) is 0 Å². The Morgan fingerprint density at radius 2 is 1.91 bits per heavy atom. The molecule has 0 saturated heterocycles. The van der Waals surface area contributed by atoms with Crippen molar-refractivity contribution in [3.63, 3.8) is 0 Å². The molecule has 2 heterocycles. The number of benzene rings is 2. The van der Waals surface area contributed by atoms with Crippen molar-refractivity contribution in [2.24, 2.45) is 0 Å². The van der Waals surface area contributed by atoms with E-state index in [-0.39, 0.29) is 12.0 Å². The second-order valence-corrected chi connectivity index (χ2v) is 8.50. The van der Waals surface area contributed by atoms with E-state index in [4.69, 9.17) is 21.1 Å². The van der Waals surface area contributed by atoms with Crippen molar-refractivity contribution < 1.29 is 14.3 Å². The molecular formula is C24H27ClN4O3. The molecule has 0 atom stereocenters. The molecule has 0 spiro atoms. The zero-order chi connectivity index (χ0) is 22.7. The van der Waals surface area contributed by atoms with Gasteiger partial charge >= 0.3 is 0 Å². The van der Waals surface area contributed by atoms with E-state index in [0.717, 1.165) is 43.0 Å². The van der Waals surface area contributed by atoms with E-state index in [2.05, 4.69) is 20.1 Å². The van der Waals surface area contributed by atoms with Gasteiger partial charge in [0.15, 0.2) is 17.3 Å². The molecule has 7 nitrogen and oxygen atoms in total. The molecule has 1 amide bonds. The number of carbonyl (C=O) groups excluding carboxylic acids is 1. The number of methoxy groups -OCH3 is 1. The second kappa shape index (κ2) is 9.61. The maximum atomic E-state index is 12.8. The third-order valence-electron chi connectivity index (χ3n) is 5.36. The van der Waals surface area contributed by atoms with Crippen LogP contribution in [0.3, 0.4) is 0 Å². The van der Waals surface area contributed by atoms with Crippen LogP contribution in [0, 0.1) is 0 Å². The summed E-state index contributed by atoms with van der Waals surface area (Å²) in [5.41, 5.74) is 2.03. The maximum Gasteiger partial charge on any atom is 0.255 e. The van der Waals surface area contributed by atoms with Crippen LogP contribution >= 0.6 is 11.6 Å². The number of fused-ring (bicyclic) bond motifs is 1. The highest BCUT2D eigenvalue weighted by atomic mass is 35.5. The summed E-state index contributed by atoms with van der Waals surface area (Å²) in [4.78, 5) is 12.8. The van der Waals surface area contributed by atoms with Gasteiger partial charge in [0, 0.05) is 29.8 Å². The van der Waals surface area contributed by atoms with E-state index in [9.17, 15) is 4.79 Å². The lowest BCUT2D eigenvalue weighted by atomic mass is 10.1. The van der Waals surface area contributed by atoms with Crippen molar-refractivity contribution in [1.29, 1.82) is 0 Å². The number of aryl methyl sites for hydroxylation is 1. The number of hydrogen-bond acceptors (Lipinski definition) is 5. The monoisotopic (exact) mass is 454 g/mol. The maximum absolute atomic E-state index is 12.8. The Morgan fingerprint density at radius 3 is 2.62 bits per heavy atom. The highest BCUT2D eigenvalue weighted by Crippen LogP contribution is 2.37. The number of ether oxygens (including phenoxy) is 2. The Labute approximate surface area is 192 Å². The molecular weight excluding hydrogens is 428 g/mol. The number of carbonyl (C=O) groups is 1. The first-order valence-electron chi connectivity index (χ1n) is 10.8. The molecule has 32 heavy (non-hydrogen) atoms. The minimum Gasteiger partial charge on any atom is -0.493 e. The van der Waals surface area contributed by atoms with Gasteiger partial charge in [-0.3, -0.25) is 4.79 Å². The van der Waals surface area contributed by atoms with Crippen LogP contribution in [0.1, 0.15) is 49.3 Å². The smallest absolute Gasteiger partial charge is 0.255 e. The highest BCUT2D eigenvalue weighted by molar-refractivity contribution is 6.32. The van der Waals surface area contributed by atoms with Gasteiger partial charge in [-0.1, -0.05) is 18.0 Å². The quantitative estimate of drug-likeness (QED) is 0.541. The summed E-state index contributed by atoms with van der Waals surface area (Å²) in [7, 11) is 1.52. The first-order chi connectivity index (χ1) is 15.5. The number of anilines is 1. The van der Waals surface area contributed by atoms with Crippen LogP contribution < -0.4 is 14.8 Å². The van der Waals surface area contributed by atoms with Crippen LogP contribution in [-0.2, 0) is 13.0 Å². The van der Waals surface area contributed by atoms with Crippen molar-refractivity contribution in [2.75, 3.05) is 12.4 Å². The zero-order valence-electron chi connectivity index (χ0n) is 18.5. The van der Waals surface area contributed by atoms with Crippen molar-refractivity contribution in [3.8, 4) is 22.9 Å². The lowest BCUT2D eigenvalue weighted by Gasteiger charge is -2.16. The van der Waals surface area contributed by atoms with Crippen molar-refractivity contribution in [3.05, 3.63) is 52.8 Å². The third kappa shape index (κ3) is 4.72. The summed E-state index contributed by atoms with van der Waals surface area (Å²) in [6, 6.07) is 10.8. The topological polar surface area (TPSA) is 78.3 Å². The summed E-state index contributed by atoms with van der Waals surface area (Å²) in [5.74, 6) is 2.48. The molecule has 1 aliphatic rings. The van der Waals surface area contributed by atoms with E-state index in [1.165, 1.54) is 13.5 Å². The molecule has 0 bridgehead atoms. The summed E-state index contributed by atoms with van der Waals surface area (Å²) >= 11 is 6.35. The van der Waals surface area contributed by atoms with E-state index in [1.54, 1.807) is 12.1 Å². The largest absolute Gasteiger partial charge is 0.493 e. The fraction of sp³-hybridized carbons (Fsp3) is 0.375. The first-order valence-corrected chi connectivity index (χ1v) is 11.2. The second-order valence-electron chi connectivity index (χ2n) is 8.09. The molecule has 0 aliphatic carbocycles. The Bertz CT molecular complexity index is 1110. The van der Waals surface area contributed by atoms with Crippen molar-refractivity contribution >= 4 is 23.2 Å². The number of aromatic nitrogens is 3. The summed E-state index contributed by atoms with van der Waals surface area (Å²) in [6.07, 6.45) is 4.41. The molecule has 1 aromatic heterocycles. The summed E-state index contributed by atoms with van der Waals surface area (Å²) < 4.78 is 13.3. The number of nitrogens with one attached hydrogen (secondary N) is 1. The van der Waals surface area contributed by atoms with Gasteiger partial charge in [-0.25, -0.2) is 0 Å². The van der Waals surface area contributed by atoms with Gasteiger partial charge in [0.25, 0.3) is 5.91 Å². The summed E-state index contributed by atoms with van der Waals surface area (Å²) in [5, 5.41) is 12.0. The minimum absolute atomic E-state index is 0.0696. The molecule has 0 fully saturated rings. The number of hydrogen-bond donors (Lipinski definition) is 1. The van der Waals surface area contributed by atoms with Crippen molar-refractivity contribution in [1.82, 2.24) is 14.8 Å². The van der Waals surface area contributed by atoms with Gasteiger partial charge in [0.2, 0.25) is 0 Å². The van der Waals surface area contributed by atoms with E-state index in [1.807, 2.05) is 38.1 Å². The van der Waals surface area contributed by atoms with Gasteiger partial charge < -0.3 is 19.4 Å². The van der Waals surface area contributed by atoms with Gasteiger partial charge in [0.1, 0.15) is 5.82 Å². The Hall–Kier alpha value is -3.06. The summed E-state index contributed by atoms with van der Waals surface area (Å²) in [6.45, 7) is 4.74. The van der Waals surface area contributed by atoms with Gasteiger partial charge in [0.05, 0.1) is 18.2 Å². The average molecular weight is 455 g/mol. The van der Waals surface area contributed by atoms with Crippen LogP contribution in [0.25, 0.3) is 11.4 Å². The molecule has 2 aromatic carbocycles. The highest BCUT2D eigenvalue weighted by Gasteiger charge is 2.18. The van der Waals surface area contributed by atoms with E-state index in [0.29, 0.717) is 27.8 Å². The molecule has 0 saturated carbocycles. The fourth-order valence-corrected chi connectivity index (χ4v) is 4.06. The lowest BCUT2D eigenvalue weighted by molar-refractivity contribution is 0.102. The predicted octanol–water partition coefficient (Wildman–Crippen LogP) is 5.37. The average Bonchev–Trinajstić information content (AvgIpc) is 3.03. The molecule has 0 unspecified atom stereocenters. The standard InChI is InChI=1S/C24H27ClN4O3/c1-15(2)32-22-19(25)13-17(14-20(22)31-3)24(30)26-18-10-8-16(9-11-18)23-28-27-21-7-5-4-6-12-29(21)23/h8-11,13-15H,4-7,12H2,1-3H3,(H,26,30). The molecule has 1 N–H and O–H groups in total. The Balaban J connectivity index is 1.51. The lowest BCUT2D eigenvalue weighted by Crippen LogP contribution is -2.13. The number of nitrogens with zero attached hydrogens (tertiary/aromatic N) is 3. The molecule has 4 rings (SSSR count). The zero-order valence-corrected chi connectivity index (χ0v) is 19.3. The normalized spacial score (nSPS) is 13.4. The Kier molecular flexibility index (Phi) is 6.65. The minimum atomic E-state index is -0.287. The molecule has 1 aliphatic heterocycles. The SMILES string of the molecule is COc1cc(C(=O)Nc2ccc(-c3nnc4n3CCCCC4)cc2)cc(Cl)c1OC(C)C. The van der Waals surface area contributed by atoms with Gasteiger partial charge in [-0.05, 0) is 63.1 Å². The molecule has 8 heteroatoms.